The number of rotatable bonds is 7. The molecule has 0 radical (unpaired) electrons. The van der Waals surface area contributed by atoms with E-state index in [4.69, 9.17) is 0 Å². The van der Waals surface area contributed by atoms with Crippen LogP contribution in [0.25, 0.3) is 0 Å². The fourth-order valence-corrected chi connectivity index (χ4v) is 5.14. The van der Waals surface area contributed by atoms with Crippen LogP contribution in [0.4, 0.5) is 37.7 Å². The Hall–Kier alpha value is -3.08. The molecule has 0 unspecified atom stereocenters. The lowest BCUT2D eigenvalue weighted by Gasteiger charge is -2.35. The van der Waals surface area contributed by atoms with E-state index in [0.717, 1.165) is 17.5 Å². The highest BCUT2D eigenvalue weighted by atomic mass is 19.4. The zero-order valence-electron chi connectivity index (χ0n) is 21.8. The highest BCUT2D eigenvalue weighted by Gasteiger charge is 2.56. The fraction of sp³-hybridized carbons (Fsp3) is 0.481. The van der Waals surface area contributed by atoms with Crippen LogP contribution in [0, 0.1) is 25.2 Å². The summed E-state index contributed by atoms with van der Waals surface area (Å²) in [7, 11) is 1.75. The Bertz CT molecular complexity index is 1160. The normalized spacial score (nSPS) is 20.4. The van der Waals surface area contributed by atoms with E-state index in [9.17, 15) is 35.9 Å². The van der Waals surface area contributed by atoms with E-state index in [1.165, 1.54) is 4.90 Å². The second-order valence-electron chi connectivity index (χ2n) is 10.0. The van der Waals surface area contributed by atoms with Crippen molar-refractivity contribution in [1.82, 2.24) is 4.90 Å². The molecule has 5 nitrogen and oxygen atoms in total. The molecule has 1 fully saturated rings. The van der Waals surface area contributed by atoms with E-state index < -0.39 is 46.4 Å². The van der Waals surface area contributed by atoms with Crippen LogP contribution >= 0.6 is 0 Å². The Morgan fingerprint density at radius 3 is 2.05 bits per heavy atom. The largest absolute Gasteiger partial charge is 0.416 e. The SMILES string of the molecule is CCCN(C)C[C@@]1(C(=O)Nc2cc(C(F)(F)F)cc(C(F)(F)F)c2)CN(c2c(C)cccc2C)C(=O)[C@H]1C. The van der Waals surface area contributed by atoms with E-state index in [2.05, 4.69) is 5.32 Å². The third-order valence-corrected chi connectivity index (χ3v) is 7.07. The Balaban J connectivity index is 2.09. The monoisotopic (exact) mass is 543 g/mol. The molecule has 0 saturated carbocycles. The number of nitrogens with zero attached hydrogens (tertiary/aromatic N) is 2. The first-order valence-corrected chi connectivity index (χ1v) is 12.2. The molecule has 1 aliphatic heterocycles. The second-order valence-corrected chi connectivity index (χ2v) is 10.0. The molecule has 1 saturated heterocycles. The average Bonchev–Trinajstić information content (AvgIpc) is 3.04. The second kappa shape index (κ2) is 10.6. The average molecular weight is 544 g/mol. The van der Waals surface area contributed by atoms with E-state index in [1.54, 1.807) is 14.0 Å². The van der Waals surface area contributed by atoms with Crippen molar-refractivity contribution in [1.29, 1.82) is 0 Å². The van der Waals surface area contributed by atoms with Crippen molar-refractivity contribution < 1.29 is 35.9 Å². The van der Waals surface area contributed by atoms with Crippen LogP contribution in [0.1, 0.15) is 42.5 Å². The molecule has 38 heavy (non-hydrogen) atoms. The van der Waals surface area contributed by atoms with Crippen LogP contribution in [0.3, 0.4) is 0 Å². The number of anilines is 2. The summed E-state index contributed by atoms with van der Waals surface area (Å²) in [6.07, 6.45) is -9.38. The van der Waals surface area contributed by atoms with Crippen LogP contribution in [0.15, 0.2) is 36.4 Å². The summed E-state index contributed by atoms with van der Waals surface area (Å²) in [5.41, 5.74) is -2.91. The van der Waals surface area contributed by atoms with Gasteiger partial charge in [0.05, 0.1) is 22.5 Å². The van der Waals surface area contributed by atoms with Crippen LogP contribution in [0.2, 0.25) is 0 Å². The molecule has 11 heteroatoms. The van der Waals surface area contributed by atoms with Gasteiger partial charge in [-0.3, -0.25) is 9.59 Å². The first-order chi connectivity index (χ1) is 17.5. The molecule has 2 amide bonds. The van der Waals surface area contributed by atoms with Crippen molar-refractivity contribution in [3.8, 4) is 0 Å². The summed E-state index contributed by atoms with van der Waals surface area (Å²) >= 11 is 0. The lowest BCUT2D eigenvalue weighted by Crippen LogP contribution is -2.50. The van der Waals surface area contributed by atoms with E-state index in [0.29, 0.717) is 24.4 Å². The molecular formula is C27H31F6N3O2. The number of alkyl halides is 6. The molecule has 1 aliphatic rings. The number of hydrogen-bond acceptors (Lipinski definition) is 3. The molecule has 0 aliphatic carbocycles. The quantitative estimate of drug-likeness (QED) is 0.418. The number of benzene rings is 2. The Morgan fingerprint density at radius 2 is 1.58 bits per heavy atom. The molecule has 2 atom stereocenters. The van der Waals surface area contributed by atoms with Crippen LogP contribution in [-0.2, 0) is 21.9 Å². The number of carbonyl (C=O) groups excluding carboxylic acids is 2. The maximum atomic E-state index is 13.8. The number of hydrogen-bond donors (Lipinski definition) is 1. The van der Waals surface area contributed by atoms with Crippen molar-refractivity contribution in [2.75, 3.05) is 36.9 Å². The van der Waals surface area contributed by atoms with Gasteiger partial charge < -0.3 is 15.1 Å². The molecule has 0 aromatic heterocycles. The van der Waals surface area contributed by atoms with Gasteiger partial charge in [-0.1, -0.05) is 32.0 Å². The van der Waals surface area contributed by atoms with E-state index >= 15 is 0 Å². The van der Waals surface area contributed by atoms with Crippen LogP contribution < -0.4 is 10.2 Å². The maximum absolute atomic E-state index is 13.8. The van der Waals surface area contributed by atoms with Gasteiger partial charge >= 0.3 is 12.4 Å². The van der Waals surface area contributed by atoms with Gasteiger partial charge in [0, 0.05) is 24.5 Å². The fourth-order valence-electron chi connectivity index (χ4n) is 5.14. The van der Waals surface area contributed by atoms with Gasteiger partial charge in [0.15, 0.2) is 0 Å². The molecule has 1 heterocycles. The van der Waals surface area contributed by atoms with Gasteiger partial charge in [0.25, 0.3) is 0 Å². The summed E-state index contributed by atoms with van der Waals surface area (Å²) < 4.78 is 80.4. The van der Waals surface area contributed by atoms with Gasteiger partial charge in [-0.25, -0.2) is 0 Å². The lowest BCUT2D eigenvalue weighted by atomic mass is 9.77. The third-order valence-electron chi connectivity index (χ3n) is 7.07. The minimum Gasteiger partial charge on any atom is -0.325 e. The van der Waals surface area contributed by atoms with Gasteiger partial charge in [-0.2, -0.15) is 26.3 Å². The molecule has 0 spiro atoms. The van der Waals surface area contributed by atoms with Crippen molar-refractivity contribution in [3.63, 3.8) is 0 Å². The van der Waals surface area contributed by atoms with E-state index in [-0.39, 0.29) is 25.1 Å². The number of halogens is 6. The third kappa shape index (κ3) is 5.82. The number of amides is 2. The minimum absolute atomic E-state index is 0.00482. The molecule has 208 valence electrons. The van der Waals surface area contributed by atoms with Gasteiger partial charge in [-0.15, -0.1) is 0 Å². The number of nitrogens with one attached hydrogen (secondary N) is 1. The first kappa shape index (κ1) is 29.5. The van der Waals surface area contributed by atoms with Gasteiger partial charge in [0.1, 0.15) is 0 Å². The summed E-state index contributed by atoms with van der Waals surface area (Å²) in [5.74, 6) is -2.06. The molecule has 2 aromatic carbocycles. The van der Waals surface area contributed by atoms with Crippen molar-refractivity contribution >= 4 is 23.2 Å². The van der Waals surface area contributed by atoms with E-state index in [1.807, 2.05) is 43.9 Å². The number of para-hydroxylation sites is 1. The molecule has 1 N–H and O–H groups in total. The highest BCUT2D eigenvalue weighted by Crippen LogP contribution is 2.44. The number of carbonyl (C=O) groups is 2. The zero-order chi connectivity index (χ0) is 28.6. The van der Waals surface area contributed by atoms with Crippen molar-refractivity contribution in [2.45, 2.75) is 46.5 Å². The summed E-state index contributed by atoms with van der Waals surface area (Å²) in [4.78, 5) is 30.7. The molecule has 0 bridgehead atoms. The number of aryl methyl sites for hydroxylation is 2. The predicted molar refractivity (Wildman–Crippen MR) is 133 cm³/mol. The van der Waals surface area contributed by atoms with Gasteiger partial charge in [-0.05, 0) is 63.2 Å². The molecule has 2 aromatic rings. The van der Waals surface area contributed by atoms with Crippen molar-refractivity contribution in [3.05, 3.63) is 58.7 Å². The summed E-state index contributed by atoms with van der Waals surface area (Å²) in [6.45, 7) is 7.71. The predicted octanol–water partition coefficient (Wildman–Crippen LogP) is 6.29. The Labute approximate surface area is 217 Å². The van der Waals surface area contributed by atoms with Crippen molar-refractivity contribution in [2.24, 2.45) is 11.3 Å². The Morgan fingerprint density at radius 1 is 1.05 bits per heavy atom. The molecule has 3 rings (SSSR count). The zero-order valence-corrected chi connectivity index (χ0v) is 21.8. The Kier molecular flexibility index (Phi) is 8.21. The van der Waals surface area contributed by atoms with Crippen LogP contribution in [0.5, 0.6) is 0 Å². The minimum atomic E-state index is -5.06. The smallest absolute Gasteiger partial charge is 0.325 e. The van der Waals surface area contributed by atoms with Gasteiger partial charge in [0.2, 0.25) is 11.8 Å². The summed E-state index contributed by atoms with van der Waals surface area (Å²) in [6, 6.07) is 6.43. The lowest BCUT2D eigenvalue weighted by molar-refractivity contribution is -0.143. The molecular weight excluding hydrogens is 512 g/mol. The van der Waals surface area contributed by atoms with Crippen LogP contribution in [-0.4, -0.2) is 43.4 Å². The maximum Gasteiger partial charge on any atom is 0.416 e. The summed E-state index contributed by atoms with van der Waals surface area (Å²) in [5, 5.41) is 2.30. The first-order valence-electron chi connectivity index (χ1n) is 12.2. The topological polar surface area (TPSA) is 52.7 Å². The standard InChI is InChI=1S/C27H31F6N3O2/c1-6-10-35(5)14-25(15-36(23(37)18(25)4)22-16(2)8-7-9-17(22)3)24(38)34-21-12-19(26(28,29)30)11-20(13-21)27(31,32)33/h7-9,11-13,18H,6,10,14-15H2,1-5H3,(H,34,38)/t18-,25-/m1/s1. The highest BCUT2D eigenvalue weighted by molar-refractivity contribution is 6.08.